The molecule has 1 aliphatic carbocycles. The summed E-state index contributed by atoms with van der Waals surface area (Å²) in [7, 11) is 0. The topological polar surface area (TPSA) is 0 Å². The van der Waals surface area contributed by atoms with Gasteiger partial charge in [-0.1, -0.05) is 13.8 Å². The molecule has 0 aromatic rings. The molecule has 0 heterocycles. The highest BCUT2D eigenvalue weighted by Gasteiger charge is 2.01. The number of rotatable bonds is 2. The molecule has 7 heavy (non-hydrogen) atoms. The molecular weight excluding hydrogens is 84.1 g/mol. The van der Waals surface area contributed by atoms with Gasteiger partial charge in [0.1, 0.15) is 0 Å². The summed E-state index contributed by atoms with van der Waals surface area (Å²) in [5.41, 5.74) is 4.47. The van der Waals surface area contributed by atoms with Crippen molar-refractivity contribution in [2.75, 3.05) is 0 Å². The second-order valence-corrected chi connectivity index (χ2v) is 2.41. The molecule has 0 amide bonds. The predicted octanol–water partition coefficient (Wildman–Crippen LogP) is 2.13. The van der Waals surface area contributed by atoms with Crippen LogP contribution in [-0.2, 0) is 0 Å². The third kappa shape index (κ3) is 1.61. The van der Waals surface area contributed by atoms with Crippen molar-refractivity contribution >= 4 is 0 Å². The zero-order valence-electron chi connectivity index (χ0n) is 4.86. The zero-order valence-corrected chi connectivity index (χ0v) is 4.86. The maximum atomic E-state index is 3.06. The largest absolute Gasteiger partial charge is 0.116 e. The zero-order chi connectivity index (χ0) is 5.28. The summed E-state index contributed by atoms with van der Waals surface area (Å²) in [5.74, 6) is 0.807. The van der Waals surface area contributed by atoms with Gasteiger partial charge in [-0.05, 0) is 18.4 Å². The lowest BCUT2D eigenvalue weighted by atomic mass is 10.1. The number of allylic oxidation sites excluding steroid dienone is 1. The molecule has 0 fully saturated rings. The Bertz CT molecular complexity index is 123. The Morgan fingerprint density at radius 3 is 2.43 bits per heavy atom. The van der Waals surface area contributed by atoms with E-state index in [4.69, 9.17) is 0 Å². The quantitative estimate of drug-likeness (QED) is 0.460. The molecule has 0 unspecified atom stereocenters. The molecule has 0 heteroatoms. The molecule has 1 aliphatic rings. The molecule has 0 N–H and O–H groups in total. The van der Waals surface area contributed by atoms with Gasteiger partial charge >= 0.3 is 0 Å². The van der Waals surface area contributed by atoms with E-state index < -0.39 is 0 Å². The van der Waals surface area contributed by atoms with E-state index in [1.807, 2.05) is 0 Å². The lowest BCUT2D eigenvalue weighted by molar-refractivity contribution is 0.656. The summed E-state index contributed by atoms with van der Waals surface area (Å²) in [6.07, 6.45) is 3.28. The van der Waals surface area contributed by atoms with Crippen LogP contribution in [0.25, 0.3) is 0 Å². The van der Waals surface area contributed by atoms with Crippen LogP contribution in [0.2, 0.25) is 0 Å². The molecule has 0 aromatic heterocycles. The molecule has 0 bridgehead atoms. The van der Waals surface area contributed by atoms with Gasteiger partial charge in [-0.25, -0.2) is 0 Å². The smallest absolute Gasteiger partial charge is 0.00197 e. The van der Waals surface area contributed by atoms with Crippen molar-refractivity contribution in [3.63, 3.8) is 0 Å². The molecule has 0 saturated heterocycles. The van der Waals surface area contributed by atoms with Gasteiger partial charge in [-0.2, -0.15) is 0 Å². The average molecular weight is 94.2 g/mol. The van der Waals surface area contributed by atoms with E-state index in [0.29, 0.717) is 0 Å². The monoisotopic (exact) mass is 94.1 g/mol. The minimum atomic E-state index is 0.807. The number of hydrogen-bond acceptors (Lipinski definition) is 0. The molecular formula is C7H10. The fourth-order valence-corrected chi connectivity index (χ4v) is 0.609. The van der Waals surface area contributed by atoms with Crippen LogP contribution < -0.4 is 0 Å². The van der Waals surface area contributed by atoms with Gasteiger partial charge in [0.2, 0.25) is 0 Å². The fraction of sp³-hybridized carbons (Fsp3) is 0.571. The van der Waals surface area contributed by atoms with E-state index in [1.165, 1.54) is 12.0 Å². The third-order valence-corrected chi connectivity index (χ3v) is 0.977. The summed E-state index contributed by atoms with van der Waals surface area (Å²) < 4.78 is 0. The van der Waals surface area contributed by atoms with Crippen molar-refractivity contribution < 1.29 is 0 Å². The van der Waals surface area contributed by atoms with E-state index in [2.05, 4.69) is 25.7 Å². The van der Waals surface area contributed by atoms with Crippen LogP contribution in [-0.4, -0.2) is 0 Å². The molecule has 0 nitrogen and oxygen atoms in total. The van der Waals surface area contributed by atoms with Gasteiger partial charge in [0, 0.05) is 5.57 Å². The van der Waals surface area contributed by atoms with Crippen LogP contribution in [0.3, 0.4) is 0 Å². The first-order chi connectivity index (χ1) is 3.29. The van der Waals surface area contributed by atoms with Crippen molar-refractivity contribution in [1.29, 1.82) is 0 Å². The molecule has 0 spiro atoms. The fourth-order valence-electron chi connectivity index (χ4n) is 0.609. The SMILES string of the molecule is CC(C)CC1=C=C1. The van der Waals surface area contributed by atoms with E-state index in [0.717, 1.165) is 5.92 Å². The van der Waals surface area contributed by atoms with E-state index >= 15 is 0 Å². The lowest BCUT2D eigenvalue weighted by Crippen LogP contribution is -1.82. The molecule has 0 aliphatic heterocycles. The second-order valence-electron chi connectivity index (χ2n) is 2.41. The van der Waals surface area contributed by atoms with Crippen LogP contribution in [0, 0.1) is 5.92 Å². The van der Waals surface area contributed by atoms with Crippen molar-refractivity contribution in [3.05, 3.63) is 17.4 Å². The summed E-state index contributed by atoms with van der Waals surface area (Å²) in [4.78, 5) is 0. The van der Waals surface area contributed by atoms with Gasteiger partial charge in [0.25, 0.3) is 0 Å². The van der Waals surface area contributed by atoms with Crippen LogP contribution in [0.15, 0.2) is 17.4 Å². The van der Waals surface area contributed by atoms with Crippen LogP contribution in [0.5, 0.6) is 0 Å². The van der Waals surface area contributed by atoms with Crippen LogP contribution >= 0.6 is 0 Å². The van der Waals surface area contributed by atoms with Crippen molar-refractivity contribution in [3.8, 4) is 0 Å². The van der Waals surface area contributed by atoms with E-state index in [-0.39, 0.29) is 0 Å². The Morgan fingerprint density at radius 2 is 2.29 bits per heavy atom. The van der Waals surface area contributed by atoms with Gasteiger partial charge in [-0.15, -0.1) is 5.73 Å². The van der Waals surface area contributed by atoms with Crippen LogP contribution in [0.1, 0.15) is 20.3 Å². The Labute approximate surface area is 44.5 Å². The third-order valence-electron chi connectivity index (χ3n) is 0.977. The van der Waals surface area contributed by atoms with Gasteiger partial charge in [0.05, 0.1) is 0 Å². The Kier molecular flexibility index (Phi) is 1.04. The first-order valence-corrected chi connectivity index (χ1v) is 2.74. The van der Waals surface area contributed by atoms with E-state index in [1.54, 1.807) is 0 Å². The maximum absolute atomic E-state index is 3.06. The predicted molar refractivity (Wildman–Crippen MR) is 31.1 cm³/mol. The molecule has 38 valence electrons. The number of hydrogen-bond donors (Lipinski definition) is 0. The average Bonchev–Trinajstić information content (AvgIpc) is 2.17. The van der Waals surface area contributed by atoms with Crippen molar-refractivity contribution in [2.24, 2.45) is 5.92 Å². The second kappa shape index (κ2) is 1.55. The first-order valence-electron chi connectivity index (χ1n) is 2.74. The van der Waals surface area contributed by atoms with E-state index in [9.17, 15) is 0 Å². The van der Waals surface area contributed by atoms with Crippen LogP contribution in [0.4, 0.5) is 0 Å². The molecule has 0 aromatic carbocycles. The maximum Gasteiger partial charge on any atom is 0.00197 e. The molecule has 1 rings (SSSR count). The summed E-state index contributed by atoms with van der Waals surface area (Å²) in [5, 5.41) is 0. The highest BCUT2D eigenvalue weighted by molar-refractivity contribution is 5.30. The lowest BCUT2D eigenvalue weighted by Gasteiger charge is -1.94. The van der Waals surface area contributed by atoms with Crippen molar-refractivity contribution in [2.45, 2.75) is 20.3 Å². The Morgan fingerprint density at radius 1 is 1.71 bits per heavy atom. The highest BCUT2D eigenvalue weighted by Crippen LogP contribution is 2.16. The van der Waals surface area contributed by atoms with Gasteiger partial charge in [0.15, 0.2) is 0 Å². The Hall–Kier alpha value is -0.480. The molecule has 0 radical (unpaired) electrons. The summed E-state index contributed by atoms with van der Waals surface area (Å²) in [6.45, 7) is 4.45. The van der Waals surface area contributed by atoms with Gasteiger partial charge in [-0.3, -0.25) is 0 Å². The highest BCUT2D eigenvalue weighted by atomic mass is 14.0. The molecule has 0 atom stereocenters. The normalized spacial score (nSPS) is 15.0. The van der Waals surface area contributed by atoms with Crippen molar-refractivity contribution in [1.82, 2.24) is 0 Å². The minimum absolute atomic E-state index is 0.807. The first kappa shape index (κ1) is 4.67. The summed E-state index contributed by atoms with van der Waals surface area (Å²) >= 11 is 0. The van der Waals surface area contributed by atoms with Gasteiger partial charge < -0.3 is 0 Å². The standard InChI is InChI=1S/C7H10/c1-6(2)5-7-3-4-7/h3,6H,5H2,1-2H3. The minimum Gasteiger partial charge on any atom is -0.116 e. The Balaban J connectivity index is 2.11. The summed E-state index contributed by atoms with van der Waals surface area (Å²) in [6, 6.07) is 0. The molecule has 0 saturated carbocycles.